The first-order valence-corrected chi connectivity index (χ1v) is 9.00. The van der Waals surface area contributed by atoms with Gasteiger partial charge < -0.3 is 14.2 Å². The number of aromatic nitrogens is 1. The summed E-state index contributed by atoms with van der Waals surface area (Å²) in [6.07, 6.45) is 2.61. The first-order chi connectivity index (χ1) is 11.7. The van der Waals surface area contributed by atoms with Gasteiger partial charge in [-0.3, -0.25) is 0 Å². The molecule has 0 unspecified atom stereocenters. The van der Waals surface area contributed by atoms with Gasteiger partial charge in [0, 0.05) is 20.5 Å². The van der Waals surface area contributed by atoms with Gasteiger partial charge in [0.2, 0.25) is 0 Å². The van der Waals surface area contributed by atoms with Crippen LogP contribution in [-0.4, -0.2) is 25.9 Å². The van der Waals surface area contributed by atoms with Crippen LogP contribution in [0.1, 0.15) is 38.1 Å². The molecule has 0 N–H and O–H groups in total. The third kappa shape index (κ3) is 3.07. The molecule has 1 fully saturated rings. The second-order valence-electron chi connectivity index (χ2n) is 6.29. The molecule has 4 heteroatoms. The van der Waals surface area contributed by atoms with E-state index in [2.05, 4.69) is 18.4 Å². The van der Waals surface area contributed by atoms with Crippen LogP contribution in [0.5, 0.6) is 11.5 Å². The fourth-order valence-corrected chi connectivity index (χ4v) is 3.69. The zero-order valence-electron chi connectivity index (χ0n) is 15.2. The van der Waals surface area contributed by atoms with Crippen molar-refractivity contribution in [3.63, 3.8) is 0 Å². The minimum absolute atomic E-state index is 0.309. The molecule has 0 aromatic rings. The number of nitrogens with zero attached hydrogens (tertiary/aromatic N) is 1. The van der Waals surface area contributed by atoms with Gasteiger partial charge in [0.15, 0.2) is 17.9 Å². The first-order valence-electron chi connectivity index (χ1n) is 9.00. The summed E-state index contributed by atoms with van der Waals surface area (Å²) < 4.78 is 20.1. The zero-order valence-corrected chi connectivity index (χ0v) is 15.2. The Hall–Kier alpha value is -1.81. The summed E-state index contributed by atoms with van der Waals surface area (Å²) in [5, 5.41) is 0. The normalized spacial score (nSPS) is 17.4. The highest BCUT2D eigenvalue weighted by Crippen LogP contribution is 2.41. The summed E-state index contributed by atoms with van der Waals surface area (Å²) in [5.41, 5.74) is 4.75. The van der Waals surface area contributed by atoms with E-state index in [4.69, 9.17) is 14.2 Å². The molecule has 130 valence electrons. The average Bonchev–Trinajstić information content (AvgIpc) is 3.10. The van der Waals surface area contributed by atoms with Crippen molar-refractivity contribution in [2.24, 2.45) is 0 Å². The largest absolute Gasteiger partial charge is 0.493 e. The summed E-state index contributed by atoms with van der Waals surface area (Å²) in [4.78, 5) is 0. The van der Waals surface area contributed by atoms with Crippen LogP contribution in [0.25, 0.3) is 11.1 Å². The fourth-order valence-electron chi connectivity index (χ4n) is 3.69. The van der Waals surface area contributed by atoms with E-state index >= 15 is 0 Å². The van der Waals surface area contributed by atoms with E-state index in [1.54, 1.807) is 0 Å². The Balaban J connectivity index is 2.15. The molecule has 0 spiro atoms. The van der Waals surface area contributed by atoms with Crippen molar-refractivity contribution in [2.45, 2.75) is 53.2 Å². The third-order valence-corrected chi connectivity index (χ3v) is 4.78. The first kappa shape index (κ1) is 17.0. The predicted octanol–water partition coefficient (Wildman–Crippen LogP) is 3.67. The summed E-state index contributed by atoms with van der Waals surface area (Å²) in [7, 11) is 0. The summed E-state index contributed by atoms with van der Waals surface area (Å²) in [6.45, 7) is 11.5. The van der Waals surface area contributed by atoms with Crippen LogP contribution in [0.3, 0.4) is 0 Å². The van der Waals surface area contributed by atoms with Crippen molar-refractivity contribution in [2.75, 3.05) is 19.8 Å². The second kappa shape index (κ2) is 7.39. The minimum Gasteiger partial charge on any atom is -0.493 e. The number of rotatable bonds is 6. The lowest BCUT2D eigenvalue weighted by molar-refractivity contribution is -0.710. The quantitative estimate of drug-likeness (QED) is 0.757. The van der Waals surface area contributed by atoms with E-state index in [9.17, 15) is 0 Å². The molecule has 1 aliphatic carbocycles. The minimum atomic E-state index is 0.309. The van der Waals surface area contributed by atoms with Gasteiger partial charge in [0.1, 0.15) is 28.7 Å². The van der Waals surface area contributed by atoms with Crippen LogP contribution in [0.15, 0.2) is 18.2 Å². The summed E-state index contributed by atoms with van der Waals surface area (Å²) in [6, 6.07) is 6.09. The van der Waals surface area contributed by atoms with Crippen LogP contribution in [0.4, 0.5) is 0 Å². The van der Waals surface area contributed by atoms with Crippen molar-refractivity contribution >= 4 is 0 Å². The smallest absolute Gasteiger partial charge is 0.190 e. The van der Waals surface area contributed by atoms with Crippen LogP contribution < -0.4 is 14.0 Å². The second-order valence-corrected chi connectivity index (χ2v) is 6.29. The molecule has 24 heavy (non-hydrogen) atoms. The highest BCUT2D eigenvalue weighted by Gasteiger charge is 2.34. The average molecular weight is 330 g/mol. The molecule has 0 saturated carbocycles. The Labute approximate surface area is 144 Å². The summed E-state index contributed by atoms with van der Waals surface area (Å²) in [5.74, 6) is 1.84. The van der Waals surface area contributed by atoms with Gasteiger partial charge in [-0.05, 0) is 38.8 Å². The molecular weight excluding hydrogens is 302 g/mol. The maximum atomic E-state index is 5.93. The van der Waals surface area contributed by atoms with E-state index in [-0.39, 0.29) is 0 Å². The number of hydrogen-bond acceptors (Lipinski definition) is 3. The molecule has 0 aromatic carbocycles. The molecular formula is C20H28NO3+. The lowest BCUT2D eigenvalue weighted by Crippen LogP contribution is -2.42. The fraction of sp³-hybridized carbons (Fsp3) is 0.550. The lowest BCUT2D eigenvalue weighted by Gasteiger charge is -2.06. The van der Waals surface area contributed by atoms with Gasteiger partial charge in [-0.15, -0.1) is 0 Å². The van der Waals surface area contributed by atoms with E-state index < -0.39 is 0 Å². The van der Waals surface area contributed by atoms with Crippen LogP contribution in [0.2, 0.25) is 0 Å². The zero-order chi connectivity index (χ0) is 17.1. The van der Waals surface area contributed by atoms with Crippen LogP contribution >= 0.6 is 0 Å². The molecule has 0 amide bonds. The highest BCUT2D eigenvalue weighted by molar-refractivity contribution is 5.79. The predicted molar refractivity (Wildman–Crippen MR) is 94.0 cm³/mol. The van der Waals surface area contributed by atoms with Gasteiger partial charge in [0.05, 0.1) is 13.2 Å². The Morgan fingerprint density at radius 2 is 1.62 bits per heavy atom. The van der Waals surface area contributed by atoms with Gasteiger partial charge in [-0.25, -0.2) is 0 Å². The Morgan fingerprint density at radius 1 is 1.04 bits per heavy atom. The molecule has 2 heterocycles. The van der Waals surface area contributed by atoms with Gasteiger partial charge in [0.25, 0.3) is 0 Å². The maximum absolute atomic E-state index is 5.93. The van der Waals surface area contributed by atoms with Crippen molar-refractivity contribution in [1.29, 1.82) is 0 Å². The SMILES string of the molecule is CCOc1cccc(OCC)c2c(C)[n+](C[C@@H]3CCCO3)c(C)c1-2. The van der Waals surface area contributed by atoms with Crippen molar-refractivity contribution in [3.05, 3.63) is 29.6 Å². The van der Waals surface area contributed by atoms with Crippen molar-refractivity contribution in [3.8, 4) is 22.6 Å². The lowest BCUT2D eigenvalue weighted by atomic mass is 10.1. The standard InChI is InChI=1S/C20H28NO3/c1-5-22-17-10-7-11-18(23-6-2)20-15(4)21(14(3)19(17)20)13-16-9-8-12-24-16/h7,10-11,16H,5-6,8-9,12-13H2,1-4H3/q+1/t16-/m0/s1. The summed E-state index contributed by atoms with van der Waals surface area (Å²) >= 11 is 0. The molecule has 1 atom stereocenters. The number of fused-ring (bicyclic) bond motifs is 1. The molecule has 3 aliphatic rings. The Bertz CT molecular complexity index is 631. The molecule has 0 bridgehead atoms. The molecule has 2 aliphatic heterocycles. The molecule has 0 aromatic heterocycles. The molecule has 3 rings (SSSR count). The third-order valence-electron chi connectivity index (χ3n) is 4.78. The number of ether oxygens (including phenoxy) is 3. The van der Waals surface area contributed by atoms with Gasteiger partial charge in [-0.2, -0.15) is 4.57 Å². The van der Waals surface area contributed by atoms with Gasteiger partial charge in [-0.1, -0.05) is 6.07 Å². The topological polar surface area (TPSA) is 31.6 Å². The van der Waals surface area contributed by atoms with E-state index in [0.717, 1.165) is 48.6 Å². The molecule has 0 radical (unpaired) electrons. The Morgan fingerprint density at radius 3 is 2.08 bits per heavy atom. The van der Waals surface area contributed by atoms with Crippen LogP contribution in [0, 0.1) is 13.8 Å². The number of hydrogen-bond donors (Lipinski definition) is 0. The maximum Gasteiger partial charge on any atom is 0.190 e. The van der Waals surface area contributed by atoms with E-state index in [1.165, 1.54) is 11.4 Å². The Kier molecular flexibility index (Phi) is 5.24. The van der Waals surface area contributed by atoms with E-state index in [1.807, 2.05) is 32.0 Å². The van der Waals surface area contributed by atoms with Crippen LogP contribution in [-0.2, 0) is 11.3 Å². The van der Waals surface area contributed by atoms with Crippen molar-refractivity contribution < 1.29 is 18.8 Å². The molecule has 1 saturated heterocycles. The highest BCUT2D eigenvalue weighted by atomic mass is 16.5. The van der Waals surface area contributed by atoms with E-state index in [0.29, 0.717) is 19.3 Å². The molecule has 4 nitrogen and oxygen atoms in total. The monoisotopic (exact) mass is 330 g/mol. The van der Waals surface area contributed by atoms with Gasteiger partial charge >= 0.3 is 0 Å². The van der Waals surface area contributed by atoms with Crippen molar-refractivity contribution in [1.82, 2.24) is 0 Å².